The first-order chi connectivity index (χ1) is 6.36. The van der Waals surface area contributed by atoms with Gasteiger partial charge in [0.15, 0.2) is 0 Å². The monoisotopic (exact) mass is 181 g/mol. The smallest absolute Gasteiger partial charge is 0.212 e. The number of rotatable bonds is 5. The lowest BCUT2D eigenvalue weighted by Gasteiger charge is -2.04. The van der Waals surface area contributed by atoms with Crippen LogP contribution in [0.15, 0.2) is 18.3 Å². The fourth-order valence-electron chi connectivity index (χ4n) is 0.880. The van der Waals surface area contributed by atoms with Crippen LogP contribution in [-0.4, -0.2) is 29.7 Å². The van der Waals surface area contributed by atoms with Crippen LogP contribution in [0.1, 0.15) is 0 Å². The van der Waals surface area contributed by atoms with E-state index < -0.39 is 0 Å². The van der Waals surface area contributed by atoms with Gasteiger partial charge in [-0.3, -0.25) is 4.79 Å². The van der Waals surface area contributed by atoms with Crippen molar-refractivity contribution in [2.75, 3.05) is 23.8 Å². The summed E-state index contributed by atoms with van der Waals surface area (Å²) in [6, 6.07) is 3.44. The molecule has 13 heavy (non-hydrogen) atoms. The Labute approximate surface area is 75.8 Å². The number of hydrogen-bond acceptors (Lipinski definition) is 4. The Morgan fingerprint density at radius 2 is 2.46 bits per heavy atom. The highest BCUT2D eigenvalue weighted by molar-refractivity contribution is 5.70. The molecule has 0 aromatic carbocycles. The molecule has 0 saturated heterocycles. The summed E-state index contributed by atoms with van der Waals surface area (Å²) in [6.07, 6.45) is 2.14. The summed E-state index contributed by atoms with van der Waals surface area (Å²) >= 11 is 0. The van der Waals surface area contributed by atoms with Crippen LogP contribution >= 0.6 is 0 Å². The molecule has 0 aliphatic rings. The number of pyridine rings is 1. The van der Waals surface area contributed by atoms with E-state index in [1.165, 1.54) is 0 Å². The van der Waals surface area contributed by atoms with Gasteiger partial charge in [0.25, 0.3) is 0 Å². The summed E-state index contributed by atoms with van der Waals surface area (Å²) in [5, 5.41) is 13.9. The van der Waals surface area contributed by atoms with Crippen molar-refractivity contribution in [3.05, 3.63) is 18.3 Å². The van der Waals surface area contributed by atoms with Crippen molar-refractivity contribution in [1.82, 2.24) is 4.98 Å². The van der Waals surface area contributed by atoms with Crippen LogP contribution in [0.2, 0.25) is 0 Å². The normalized spacial score (nSPS) is 9.31. The van der Waals surface area contributed by atoms with Crippen molar-refractivity contribution in [2.45, 2.75) is 0 Å². The fourth-order valence-corrected chi connectivity index (χ4v) is 0.880. The number of aliphatic hydroxyl groups excluding tert-OH is 1. The number of carbonyl (C=O) groups is 1. The minimum Gasteiger partial charge on any atom is -0.395 e. The lowest BCUT2D eigenvalue weighted by molar-refractivity contribution is -0.105. The third-order valence-corrected chi connectivity index (χ3v) is 1.41. The highest BCUT2D eigenvalue weighted by Gasteiger charge is 1.94. The van der Waals surface area contributed by atoms with Gasteiger partial charge in [-0.15, -0.1) is 0 Å². The Kier molecular flexibility index (Phi) is 3.72. The maximum atomic E-state index is 10.1. The minimum absolute atomic E-state index is 0.0682. The third-order valence-electron chi connectivity index (χ3n) is 1.41. The topological polar surface area (TPSA) is 74.2 Å². The highest BCUT2D eigenvalue weighted by Crippen LogP contribution is 2.10. The molecule has 0 atom stereocenters. The Bertz CT molecular complexity index is 278. The molecular formula is C8H11N3O2. The van der Waals surface area contributed by atoms with E-state index in [2.05, 4.69) is 15.6 Å². The molecule has 70 valence electrons. The number of nitrogens with one attached hydrogen (secondary N) is 2. The van der Waals surface area contributed by atoms with E-state index in [0.717, 1.165) is 5.69 Å². The van der Waals surface area contributed by atoms with Crippen LogP contribution < -0.4 is 10.6 Å². The van der Waals surface area contributed by atoms with Crippen LogP contribution in [-0.2, 0) is 4.79 Å². The Hall–Kier alpha value is -1.62. The van der Waals surface area contributed by atoms with E-state index in [4.69, 9.17) is 5.11 Å². The molecule has 1 amide bonds. The first kappa shape index (κ1) is 9.47. The largest absolute Gasteiger partial charge is 0.395 e. The Balaban J connectivity index is 2.61. The van der Waals surface area contributed by atoms with E-state index in [1.807, 2.05) is 0 Å². The van der Waals surface area contributed by atoms with Crippen LogP contribution in [0.4, 0.5) is 11.5 Å². The molecule has 1 heterocycles. The van der Waals surface area contributed by atoms with Gasteiger partial charge < -0.3 is 15.7 Å². The molecule has 1 aromatic heterocycles. The average molecular weight is 181 g/mol. The molecule has 0 fully saturated rings. The van der Waals surface area contributed by atoms with Crippen molar-refractivity contribution in [3.8, 4) is 0 Å². The summed E-state index contributed by atoms with van der Waals surface area (Å²) in [5.74, 6) is 0.484. The van der Waals surface area contributed by atoms with Gasteiger partial charge in [-0.1, -0.05) is 0 Å². The van der Waals surface area contributed by atoms with Gasteiger partial charge in [-0.25, -0.2) is 4.98 Å². The van der Waals surface area contributed by atoms with Gasteiger partial charge in [0, 0.05) is 24.5 Å². The third kappa shape index (κ3) is 3.08. The molecule has 3 N–H and O–H groups in total. The first-order valence-electron chi connectivity index (χ1n) is 3.88. The maximum Gasteiger partial charge on any atom is 0.212 e. The van der Waals surface area contributed by atoms with Crippen LogP contribution in [0.3, 0.4) is 0 Å². The number of anilines is 2. The molecule has 0 radical (unpaired) electrons. The summed E-state index contributed by atoms with van der Waals surface area (Å²) < 4.78 is 0. The van der Waals surface area contributed by atoms with Crippen LogP contribution in [0.25, 0.3) is 0 Å². The average Bonchev–Trinajstić information content (AvgIpc) is 2.16. The van der Waals surface area contributed by atoms with E-state index >= 15 is 0 Å². The van der Waals surface area contributed by atoms with Gasteiger partial charge >= 0.3 is 0 Å². The summed E-state index contributed by atoms with van der Waals surface area (Å²) in [5.41, 5.74) is 0.813. The van der Waals surface area contributed by atoms with Crippen molar-refractivity contribution in [3.63, 3.8) is 0 Å². The number of nitrogens with zero attached hydrogens (tertiary/aromatic N) is 1. The zero-order chi connectivity index (χ0) is 9.52. The Morgan fingerprint density at radius 3 is 3.15 bits per heavy atom. The van der Waals surface area contributed by atoms with Crippen molar-refractivity contribution in [2.24, 2.45) is 0 Å². The minimum atomic E-state index is 0.0682. The molecule has 0 bridgehead atoms. The second-order valence-corrected chi connectivity index (χ2v) is 2.34. The van der Waals surface area contributed by atoms with Gasteiger partial charge in [0.2, 0.25) is 6.41 Å². The van der Waals surface area contributed by atoms with E-state index in [-0.39, 0.29) is 6.61 Å². The van der Waals surface area contributed by atoms with Crippen LogP contribution in [0, 0.1) is 0 Å². The number of aromatic nitrogens is 1. The Morgan fingerprint density at radius 1 is 1.62 bits per heavy atom. The zero-order valence-electron chi connectivity index (χ0n) is 7.03. The van der Waals surface area contributed by atoms with Crippen molar-refractivity contribution < 1.29 is 9.90 Å². The molecule has 1 aromatic rings. The molecule has 0 spiro atoms. The predicted octanol–water partition coefficient (Wildman–Crippen LogP) is 0.0541. The van der Waals surface area contributed by atoms with Gasteiger partial charge in [-0.2, -0.15) is 0 Å². The molecule has 5 heteroatoms. The lowest BCUT2D eigenvalue weighted by Crippen LogP contribution is -2.06. The SMILES string of the molecule is O=CNc1cc(NCCO)ccn1. The molecule has 1 rings (SSSR count). The van der Waals surface area contributed by atoms with E-state index in [1.54, 1.807) is 18.3 Å². The quantitative estimate of drug-likeness (QED) is 0.561. The lowest BCUT2D eigenvalue weighted by atomic mass is 10.4. The number of carbonyl (C=O) groups excluding carboxylic acids is 1. The standard InChI is InChI=1S/C8H11N3O2/c12-4-3-9-7-1-2-10-8(5-7)11-6-13/h1-2,5-6,12H,3-4H2,(H2,9,10,11,13). The summed E-state index contributed by atoms with van der Waals surface area (Å²) in [6.45, 7) is 0.545. The highest BCUT2D eigenvalue weighted by atomic mass is 16.3. The van der Waals surface area contributed by atoms with Gasteiger partial charge in [0.1, 0.15) is 5.82 Å². The summed E-state index contributed by atoms with van der Waals surface area (Å²) in [7, 11) is 0. The second kappa shape index (κ2) is 5.10. The van der Waals surface area contributed by atoms with Crippen LogP contribution in [0.5, 0.6) is 0 Å². The second-order valence-electron chi connectivity index (χ2n) is 2.34. The van der Waals surface area contributed by atoms with E-state index in [9.17, 15) is 4.79 Å². The predicted molar refractivity (Wildman–Crippen MR) is 49.5 cm³/mol. The maximum absolute atomic E-state index is 10.1. The van der Waals surface area contributed by atoms with Crippen molar-refractivity contribution in [1.29, 1.82) is 0 Å². The molecular weight excluding hydrogens is 170 g/mol. The van der Waals surface area contributed by atoms with Crippen molar-refractivity contribution >= 4 is 17.9 Å². The first-order valence-corrected chi connectivity index (χ1v) is 3.88. The molecule has 0 saturated carbocycles. The van der Waals surface area contributed by atoms with Gasteiger partial charge in [-0.05, 0) is 6.07 Å². The fraction of sp³-hybridized carbons (Fsp3) is 0.250. The van der Waals surface area contributed by atoms with E-state index in [0.29, 0.717) is 18.8 Å². The molecule has 5 nitrogen and oxygen atoms in total. The summed E-state index contributed by atoms with van der Waals surface area (Å²) in [4.78, 5) is 14.0. The number of aliphatic hydroxyl groups is 1. The molecule has 0 aliphatic carbocycles. The number of hydrogen-bond donors (Lipinski definition) is 3. The zero-order valence-corrected chi connectivity index (χ0v) is 7.03. The molecule has 0 unspecified atom stereocenters. The molecule has 0 aliphatic heterocycles. The van der Waals surface area contributed by atoms with Gasteiger partial charge in [0.05, 0.1) is 6.61 Å². The number of amides is 1.